The van der Waals surface area contributed by atoms with E-state index in [-0.39, 0.29) is 16.3 Å². The summed E-state index contributed by atoms with van der Waals surface area (Å²) < 4.78 is 34.9. The Kier molecular flexibility index (Phi) is 6.83. The molecule has 4 heterocycles. The molecule has 212 valence electrons. The predicted octanol–water partition coefficient (Wildman–Crippen LogP) is 1.39. The largest absolute Gasteiger partial charge is 0.387 e. The molecule has 17 heteroatoms. The third-order valence-corrected chi connectivity index (χ3v) is 11.7. The van der Waals surface area contributed by atoms with E-state index >= 15 is 0 Å². The molecule has 14 nitrogen and oxygen atoms in total. The molecule has 2 aliphatic heterocycles. The minimum atomic E-state index is -4.83. The summed E-state index contributed by atoms with van der Waals surface area (Å²) in [6, 6.07) is 0. The Labute approximate surface area is 227 Å². The first kappa shape index (κ1) is 27.5. The summed E-state index contributed by atoms with van der Waals surface area (Å²) in [4.78, 5) is 42.9. The highest BCUT2D eigenvalue weighted by atomic mass is 35.5. The number of aliphatic hydroxyl groups is 2. The average Bonchev–Trinajstić information content (AvgIpc) is 3.50. The number of nitrogens with zero attached hydrogens (tertiary/aromatic N) is 5. The van der Waals surface area contributed by atoms with Crippen molar-refractivity contribution in [3.63, 3.8) is 0 Å². The summed E-state index contributed by atoms with van der Waals surface area (Å²) in [6.45, 7) is 0.883. The van der Waals surface area contributed by atoms with Crippen molar-refractivity contribution < 1.29 is 43.3 Å². The summed E-state index contributed by atoms with van der Waals surface area (Å²) in [5.41, 5.74) is 0.865. The number of allylic oxidation sites excluding steroid dienone is 4. The number of anilines is 1. The molecule has 2 aromatic rings. The molecule has 3 fully saturated rings. The summed E-state index contributed by atoms with van der Waals surface area (Å²) in [7, 11) is -9.51. The number of rotatable bonds is 7. The van der Waals surface area contributed by atoms with Crippen LogP contribution in [0.4, 0.5) is 5.82 Å². The summed E-state index contributed by atoms with van der Waals surface area (Å²) in [5, 5.41) is 21.2. The van der Waals surface area contributed by atoms with E-state index in [2.05, 4.69) is 44.2 Å². The second kappa shape index (κ2) is 9.70. The molecule has 2 aliphatic carbocycles. The van der Waals surface area contributed by atoms with Crippen LogP contribution in [-0.2, 0) is 18.4 Å². The van der Waals surface area contributed by atoms with E-state index in [1.54, 1.807) is 0 Å². The van der Waals surface area contributed by atoms with Crippen molar-refractivity contribution in [3.05, 3.63) is 35.9 Å². The molecule has 5 unspecified atom stereocenters. The molecule has 6 rings (SSSR count). The van der Waals surface area contributed by atoms with E-state index in [0.29, 0.717) is 23.2 Å². The standard InChI is InChI=1S/C22H28ClN5O9P2/c23-21-25-18(27-8-22(9-27)6-5-12-3-1-2-4-13(12)22)15-19(26-21)28(10-24-15)20-17(30)16(29)14(37-20)7-36-39(34,35)11-38(31,32)33/h1-4,10,12-14,16-17,20,29-30H,5-9,11H2,(H,34,35)(H2,31,32,33)/t12?,13?,14-,16?,17?,20-/m1/s1. The van der Waals surface area contributed by atoms with Gasteiger partial charge in [0.2, 0.25) is 5.28 Å². The lowest BCUT2D eigenvalue weighted by Crippen LogP contribution is -2.59. The topological polar surface area (TPSA) is 201 Å². The molecule has 0 radical (unpaired) electrons. The molecule has 5 N–H and O–H groups in total. The van der Waals surface area contributed by atoms with E-state index in [4.69, 9.17) is 30.6 Å². The molecular weight excluding hydrogens is 576 g/mol. The van der Waals surface area contributed by atoms with Gasteiger partial charge in [0, 0.05) is 18.5 Å². The summed E-state index contributed by atoms with van der Waals surface area (Å²) >= 11 is 6.29. The van der Waals surface area contributed by atoms with Crippen LogP contribution in [0.5, 0.6) is 0 Å². The van der Waals surface area contributed by atoms with Crippen LogP contribution in [0, 0.1) is 17.3 Å². The summed E-state index contributed by atoms with van der Waals surface area (Å²) in [6.07, 6.45) is 6.90. The van der Waals surface area contributed by atoms with E-state index < -0.39 is 52.2 Å². The molecule has 4 aliphatic rings. The van der Waals surface area contributed by atoms with E-state index in [1.165, 1.54) is 10.9 Å². The fourth-order valence-electron chi connectivity index (χ4n) is 6.28. The van der Waals surface area contributed by atoms with Crippen molar-refractivity contribution >= 4 is 43.8 Å². The Morgan fingerprint density at radius 1 is 1.13 bits per heavy atom. The van der Waals surface area contributed by atoms with Crippen LogP contribution in [0.2, 0.25) is 5.28 Å². The van der Waals surface area contributed by atoms with Gasteiger partial charge in [0.1, 0.15) is 18.3 Å². The Hall–Kier alpha value is -1.70. The van der Waals surface area contributed by atoms with Crippen LogP contribution < -0.4 is 4.90 Å². The van der Waals surface area contributed by atoms with E-state index in [1.807, 2.05) is 0 Å². The van der Waals surface area contributed by atoms with Crippen molar-refractivity contribution in [1.29, 1.82) is 0 Å². The molecule has 0 bridgehead atoms. The third kappa shape index (κ3) is 5.01. The van der Waals surface area contributed by atoms with Crippen LogP contribution in [0.1, 0.15) is 19.1 Å². The lowest BCUT2D eigenvalue weighted by molar-refractivity contribution is -0.0483. The molecule has 39 heavy (non-hydrogen) atoms. The Bertz CT molecular complexity index is 1440. The Morgan fingerprint density at radius 3 is 2.62 bits per heavy atom. The quantitative estimate of drug-likeness (QED) is 0.225. The highest BCUT2D eigenvalue weighted by molar-refractivity contribution is 7.70. The van der Waals surface area contributed by atoms with Crippen LogP contribution in [0.3, 0.4) is 0 Å². The monoisotopic (exact) mass is 603 g/mol. The zero-order chi connectivity index (χ0) is 27.7. The zero-order valence-electron chi connectivity index (χ0n) is 20.5. The lowest BCUT2D eigenvalue weighted by atomic mass is 9.68. The number of halogens is 1. The minimum Gasteiger partial charge on any atom is -0.387 e. The molecule has 2 aromatic heterocycles. The lowest BCUT2D eigenvalue weighted by Gasteiger charge is -2.52. The Morgan fingerprint density at radius 2 is 1.87 bits per heavy atom. The first-order chi connectivity index (χ1) is 18.4. The molecule has 0 aromatic carbocycles. The normalized spacial score (nSPS) is 33.0. The highest BCUT2D eigenvalue weighted by Crippen LogP contribution is 2.56. The van der Waals surface area contributed by atoms with Crippen LogP contribution >= 0.6 is 26.8 Å². The van der Waals surface area contributed by atoms with Gasteiger partial charge in [-0.15, -0.1) is 0 Å². The van der Waals surface area contributed by atoms with Crippen molar-refractivity contribution in [1.82, 2.24) is 19.5 Å². The second-order valence-corrected chi connectivity index (χ2v) is 15.0. The van der Waals surface area contributed by atoms with Crippen molar-refractivity contribution in [2.75, 3.05) is 30.5 Å². The number of hydrogen-bond acceptors (Lipinski definition) is 10. The maximum atomic E-state index is 12.0. The average molecular weight is 604 g/mol. The van der Waals surface area contributed by atoms with Gasteiger partial charge in [-0.25, -0.2) is 4.98 Å². The number of aromatic nitrogens is 4. The third-order valence-electron chi connectivity index (χ3n) is 8.03. The van der Waals surface area contributed by atoms with Gasteiger partial charge in [0.25, 0.3) is 0 Å². The smallest absolute Gasteiger partial charge is 0.340 e. The van der Waals surface area contributed by atoms with Crippen molar-refractivity contribution in [2.24, 2.45) is 17.3 Å². The molecule has 1 saturated carbocycles. The van der Waals surface area contributed by atoms with Crippen molar-refractivity contribution in [3.8, 4) is 0 Å². The van der Waals surface area contributed by atoms with Gasteiger partial charge in [0.15, 0.2) is 29.1 Å². The Balaban J connectivity index is 1.20. The van der Waals surface area contributed by atoms with Crippen LogP contribution in [0.15, 0.2) is 30.6 Å². The number of ether oxygens (including phenoxy) is 1. The van der Waals surface area contributed by atoms with Gasteiger partial charge in [-0.1, -0.05) is 24.3 Å². The first-order valence-electron chi connectivity index (χ1n) is 12.4. The van der Waals surface area contributed by atoms with Gasteiger partial charge in [-0.3, -0.25) is 13.7 Å². The number of hydrogen-bond donors (Lipinski definition) is 5. The number of imidazole rings is 1. The van der Waals surface area contributed by atoms with Gasteiger partial charge < -0.3 is 39.1 Å². The predicted molar refractivity (Wildman–Crippen MR) is 138 cm³/mol. The molecule has 7 atom stereocenters. The SMILES string of the molecule is O=P(O)(O)CP(=O)(O)OC[C@H]1O[C@@H](n2cnc3c(N4CC5(CCC6C=CC=CC65)C4)nc(Cl)nc32)C(O)C1O. The van der Waals surface area contributed by atoms with Gasteiger partial charge in [-0.2, -0.15) is 9.97 Å². The van der Waals surface area contributed by atoms with Crippen LogP contribution in [0.25, 0.3) is 11.2 Å². The van der Waals surface area contributed by atoms with Gasteiger partial charge in [-0.05, 0) is 36.3 Å². The van der Waals surface area contributed by atoms with E-state index in [9.17, 15) is 24.2 Å². The van der Waals surface area contributed by atoms with E-state index in [0.717, 1.165) is 25.9 Å². The second-order valence-electron chi connectivity index (χ2n) is 10.6. The van der Waals surface area contributed by atoms with Gasteiger partial charge in [0.05, 0.1) is 12.9 Å². The van der Waals surface area contributed by atoms with Gasteiger partial charge >= 0.3 is 15.2 Å². The maximum absolute atomic E-state index is 12.0. The fraction of sp³-hybridized carbons (Fsp3) is 0.591. The molecule has 2 saturated heterocycles. The molecular formula is C22H28ClN5O9P2. The number of aliphatic hydroxyl groups excluding tert-OH is 2. The van der Waals surface area contributed by atoms with Crippen LogP contribution in [-0.4, -0.2) is 88.3 Å². The number of fused-ring (bicyclic) bond motifs is 3. The molecule has 0 amide bonds. The first-order valence-corrected chi connectivity index (χ1v) is 16.3. The fourth-order valence-corrected chi connectivity index (χ4v) is 9.01. The minimum absolute atomic E-state index is 0.0310. The summed E-state index contributed by atoms with van der Waals surface area (Å²) in [5.74, 6) is 0.194. The highest BCUT2D eigenvalue weighted by Gasteiger charge is 2.54. The maximum Gasteiger partial charge on any atom is 0.340 e. The molecule has 1 spiro atoms. The van der Waals surface area contributed by atoms with Crippen molar-refractivity contribution in [2.45, 2.75) is 37.4 Å². The zero-order valence-corrected chi connectivity index (χ0v) is 23.0.